The minimum atomic E-state index is -0.394. The summed E-state index contributed by atoms with van der Waals surface area (Å²) in [5, 5.41) is 3.30. The zero-order chi connectivity index (χ0) is 15.1. The van der Waals surface area contributed by atoms with Crippen molar-refractivity contribution in [3.63, 3.8) is 0 Å². The highest BCUT2D eigenvalue weighted by atomic mass is 16.5. The van der Waals surface area contributed by atoms with Crippen LogP contribution in [0.5, 0.6) is 0 Å². The molecular formula is C16H26N2O2. The number of nitrogens with zero attached hydrogens (tertiary/aromatic N) is 1. The molecule has 20 heavy (non-hydrogen) atoms. The molecule has 0 spiro atoms. The maximum atomic E-state index is 12.2. The lowest BCUT2D eigenvalue weighted by atomic mass is 9.97. The Kier molecular flexibility index (Phi) is 6.68. The number of ether oxygens (including phenoxy) is 1. The molecule has 0 bridgehead atoms. The molecule has 4 nitrogen and oxygen atoms in total. The summed E-state index contributed by atoms with van der Waals surface area (Å²) in [4.78, 5) is 14.3. The van der Waals surface area contributed by atoms with Crippen LogP contribution in [0.4, 0.5) is 0 Å². The number of carbonyl (C=O) groups is 1. The molecule has 0 aliphatic heterocycles. The maximum absolute atomic E-state index is 12.2. The second-order valence-electron chi connectivity index (χ2n) is 5.23. The van der Waals surface area contributed by atoms with Crippen LogP contribution in [0.25, 0.3) is 0 Å². The van der Waals surface area contributed by atoms with Gasteiger partial charge in [-0.1, -0.05) is 18.2 Å². The number of hydrogen-bond acceptors (Lipinski definition) is 4. The normalized spacial score (nSPS) is 12.5. The quantitative estimate of drug-likeness (QED) is 0.775. The lowest BCUT2D eigenvalue weighted by Gasteiger charge is -2.21. The van der Waals surface area contributed by atoms with Gasteiger partial charge in [0.1, 0.15) is 6.04 Å². The van der Waals surface area contributed by atoms with E-state index in [1.807, 2.05) is 40.1 Å². The van der Waals surface area contributed by atoms with E-state index in [4.69, 9.17) is 4.74 Å². The topological polar surface area (TPSA) is 41.6 Å². The number of carbonyl (C=O) groups excluding carboxylic acids is 1. The Labute approximate surface area is 122 Å². The van der Waals surface area contributed by atoms with Crippen LogP contribution in [0.15, 0.2) is 18.2 Å². The third-order valence-electron chi connectivity index (χ3n) is 3.39. The first-order valence-corrected chi connectivity index (χ1v) is 7.08. The molecule has 0 saturated heterocycles. The summed E-state index contributed by atoms with van der Waals surface area (Å²) < 4.78 is 5.20. The van der Waals surface area contributed by atoms with E-state index >= 15 is 0 Å². The monoisotopic (exact) mass is 278 g/mol. The lowest BCUT2D eigenvalue weighted by Crippen LogP contribution is -2.35. The van der Waals surface area contributed by atoms with E-state index < -0.39 is 6.04 Å². The van der Waals surface area contributed by atoms with E-state index in [2.05, 4.69) is 23.2 Å². The van der Waals surface area contributed by atoms with Gasteiger partial charge in [0.15, 0.2) is 0 Å². The molecule has 1 unspecified atom stereocenters. The van der Waals surface area contributed by atoms with Crippen molar-refractivity contribution >= 4 is 5.97 Å². The molecule has 0 heterocycles. The van der Waals surface area contributed by atoms with Gasteiger partial charge in [0, 0.05) is 13.1 Å². The highest BCUT2D eigenvalue weighted by Crippen LogP contribution is 2.21. The first-order chi connectivity index (χ1) is 9.47. The summed E-state index contributed by atoms with van der Waals surface area (Å²) in [7, 11) is 4.03. The maximum Gasteiger partial charge on any atom is 0.327 e. The van der Waals surface area contributed by atoms with E-state index in [1.165, 1.54) is 5.56 Å². The average molecular weight is 278 g/mol. The average Bonchev–Trinajstić information content (AvgIpc) is 2.38. The SMILES string of the molecule is CCOC(=O)C(NCCN(C)C)c1cccc(C)c1C. The third kappa shape index (κ3) is 4.62. The minimum absolute atomic E-state index is 0.208. The van der Waals surface area contributed by atoms with Gasteiger partial charge >= 0.3 is 5.97 Å². The van der Waals surface area contributed by atoms with E-state index in [1.54, 1.807) is 0 Å². The molecule has 0 fully saturated rings. The van der Waals surface area contributed by atoms with Crippen LogP contribution in [0.2, 0.25) is 0 Å². The van der Waals surface area contributed by atoms with Gasteiger partial charge in [0.25, 0.3) is 0 Å². The molecule has 1 aromatic carbocycles. The zero-order valence-corrected chi connectivity index (χ0v) is 13.2. The van der Waals surface area contributed by atoms with Gasteiger partial charge in [-0.15, -0.1) is 0 Å². The molecular weight excluding hydrogens is 252 g/mol. The van der Waals surface area contributed by atoms with Crippen molar-refractivity contribution in [1.82, 2.24) is 10.2 Å². The van der Waals surface area contributed by atoms with E-state index in [0.29, 0.717) is 6.61 Å². The van der Waals surface area contributed by atoms with Gasteiger partial charge < -0.3 is 9.64 Å². The predicted molar refractivity (Wildman–Crippen MR) is 81.8 cm³/mol. The van der Waals surface area contributed by atoms with Crippen LogP contribution in [-0.4, -0.2) is 44.7 Å². The number of hydrogen-bond donors (Lipinski definition) is 1. The highest BCUT2D eigenvalue weighted by molar-refractivity contribution is 5.78. The van der Waals surface area contributed by atoms with Crippen molar-refractivity contribution in [2.75, 3.05) is 33.8 Å². The number of rotatable bonds is 7. The van der Waals surface area contributed by atoms with E-state index in [9.17, 15) is 4.79 Å². The number of esters is 1. The first kappa shape index (κ1) is 16.7. The Morgan fingerprint density at radius 1 is 1.35 bits per heavy atom. The number of nitrogens with one attached hydrogen (secondary N) is 1. The molecule has 1 N–H and O–H groups in total. The summed E-state index contributed by atoms with van der Waals surface area (Å²) in [5.74, 6) is -0.208. The van der Waals surface area contributed by atoms with E-state index in [-0.39, 0.29) is 5.97 Å². The van der Waals surface area contributed by atoms with Crippen molar-refractivity contribution in [2.24, 2.45) is 0 Å². The Bertz CT molecular complexity index is 444. The summed E-state index contributed by atoms with van der Waals surface area (Å²) in [6, 6.07) is 5.64. The minimum Gasteiger partial charge on any atom is -0.465 e. The van der Waals surface area contributed by atoms with Gasteiger partial charge in [0.2, 0.25) is 0 Å². The zero-order valence-electron chi connectivity index (χ0n) is 13.2. The number of benzene rings is 1. The molecule has 0 aromatic heterocycles. The van der Waals surface area contributed by atoms with Crippen molar-refractivity contribution in [3.05, 3.63) is 34.9 Å². The third-order valence-corrected chi connectivity index (χ3v) is 3.39. The summed E-state index contributed by atoms with van der Waals surface area (Å²) in [6.45, 7) is 7.95. The second-order valence-corrected chi connectivity index (χ2v) is 5.23. The molecule has 4 heteroatoms. The summed E-state index contributed by atoms with van der Waals surface area (Å²) >= 11 is 0. The largest absolute Gasteiger partial charge is 0.465 e. The summed E-state index contributed by atoms with van der Waals surface area (Å²) in [6.07, 6.45) is 0. The Morgan fingerprint density at radius 2 is 2.05 bits per heavy atom. The fourth-order valence-electron chi connectivity index (χ4n) is 2.06. The van der Waals surface area contributed by atoms with Crippen LogP contribution in [-0.2, 0) is 9.53 Å². The van der Waals surface area contributed by atoms with E-state index in [0.717, 1.165) is 24.2 Å². The Morgan fingerprint density at radius 3 is 2.65 bits per heavy atom. The standard InChI is InChI=1S/C16H26N2O2/c1-6-20-16(19)15(17-10-11-18(4)5)14-9-7-8-12(2)13(14)3/h7-9,15,17H,6,10-11H2,1-5H3. The number of aryl methyl sites for hydroxylation is 1. The fraction of sp³-hybridized carbons (Fsp3) is 0.562. The van der Waals surface area contributed by atoms with Crippen LogP contribution < -0.4 is 5.32 Å². The van der Waals surface area contributed by atoms with Crippen molar-refractivity contribution in [1.29, 1.82) is 0 Å². The predicted octanol–water partition coefficient (Wildman–Crippen LogP) is 2.06. The lowest BCUT2D eigenvalue weighted by molar-refractivity contribution is -0.145. The van der Waals surface area contributed by atoms with Crippen LogP contribution in [0.1, 0.15) is 29.7 Å². The second kappa shape index (κ2) is 8.02. The van der Waals surface area contributed by atoms with Crippen LogP contribution >= 0.6 is 0 Å². The molecule has 1 aromatic rings. The van der Waals surface area contributed by atoms with Gasteiger partial charge in [-0.25, -0.2) is 4.79 Å². The smallest absolute Gasteiger partial charge is 0.327 e. The molecule has 0 amide bonds. The van der Waals surface area contributed by atoms with Crippen molar-refractivity contribution in [2.45, 2.75) is 26.8 Å². The van der Waals surface area contributed by atoms with Crippen LogP contribution in [0, 0.1) is 13.8 Å². The molecule has 1 atom stereocenters. The van der Waals surface area contributed by atoms with Gasteiger partial charge in [-0.2, -0.15) is 0 Å². The van der Waals surface area contributed by atoms with Gasteiger partial charge in [-0.3, -0.25) is 5.32 Å². The summed E-state index contributed by atoms with van der Waals surface area (Å²) in [5.41, 5.74) is 3.33. The van der Waals surface area contributed by atoms with Gasteiger partial charge in [0.05, 0.1) is 6.61 Å². The highest BCUT2D eigenvalue weighted by Gasteiger charge is 2.23. The van der Waals surface area contributed by atoms with Crippen molar-refractivity contribution < 1.29 is 9.53 Å². The van der Waals surface area contributed by atoms with Crippen molar-refractivity contribution in [3.8, 4) is 0 Å². The molecule has 0 aliphatic carbocycles. The molecule has 1 rings (SSSR count). The molecule has 0 radical (unpaired) electrons. The number of likely N-dealkylation sites (N-methyl/N-ethyl adjacent to an activating group) is 1. The van der Waals surface area contributed by atoms with Crippen LogP contribution in [0.3, 0.4) is 0 Å². The molecule has 0 saturated carbocycles. The fourth-order valence-corrected chi connectivity index (χ4v) is 2.06. The Hall–Kier alpha value is -1.39. The first-order valence-electron chi connectivity index (χ1n) is 7.08. The van der Waals surface area contributed by atoms with Gasteiger partial charge in [-0.05, 0) is 51.6 Å². The molecule has 0 aliphatic rings. The molecule has 112 valence electrons. The Balaban J connectivity index is 2.91.